The highest BCUT2D eigenvalue weighted by Crippen LogP contribution is 2.69. The van der Waals surface area contributed by atoms with E-state index in [1.165, 1.54) is 4.74 Å². The Balaban J connectivity index is 4.10. The van der Waals surface area contributed by atoms with Gasteiger partial charge in [-0.05, 0) is 0 Å². The molecule has 0 aromatic rings. The zero-order valence-electron chi connectivity index (χ0n) is 16.0. The highest BCUT2D eigenvalue weighted by Gasteiger charge is 3.01. The summed E-state index contributed by atoms with van der Waals surface area (Å²) >= 11 is 0. The first-order valence-electron chi connectivity index (χ1n) is 7.89. The van der Waals surface area contributed by atoms with E-state index in [4.69, 9.17) is 5.11 Å². The monoisotopic (exact) mass is 630 g/mol. The molecule has 1 aliphatic rings. The van der Waals surface area contributed by atoms with Crippen LogP contribution in [0.5, 0.6) is 0 Å². The molecule has 1 heterocycles. The Morgan fingerprint density at radius 1 is 0.421 bits per heavy atom. The first-order valence-corrected chi connectivity index (χ1v) is 7.89. The molecule has 228 valence electrons. The molecule has 0 saturated carbocycles. The van der Waals surface area contributed by atoms with Gasteiger partial charge in [-0.15, -0.1) is 0 Å². The maximum Gasteiger partial charge on any atom is 0.460 e. The summed E-state index contributed by atoms with van der Waals surface area (Å²) in [6.07, 6.45) is -32.1. The molecule has 0 aromatic carbocycles. The Hall–Kier alpha value is -1.73. The second-order valence-electron chi connectivity index (χ2n) is 6.92. The second-order valence-corrected chi connectivity index (χ2v) is 6.92. The molecule has 2 unspecified atom stereocenters. The van der Waals surface area contributed by atoms with Crippen LogP contribution in [0.4, 0.5) is 101 Å². The van der Waals surface area contributed by atoms with E-state index in [1.807, 2.05) is 0 Å². The predicted octanol–water partition coefficient (Wildman–Crippen LogP) is 6.51. The average molecular weight is 630 g/mol. The lowest BCUT2D eigenvalue weighted by molar-refractivity contribution is -0.509. The fourth-order valence-electron chi connectivity index (χ4n) is 2.37. The molecular formula is C12HF23O3. The Morgan fingerprint density at radius 3 is 0.974 bits per heavy atom. The van der Waals surface area contributed by atoms with E-state index in [9.17, 15) is 101 Å². The number of rotatable bonds is 7. The van der Waals surface area contributed by atoms with Gasteiger partial charge in [-0.2, -0.15) is 101 Å². The summed E-state index contributed by atoms with van der Waals surface area (Å²) in [4.78, 5) is 0. The van der Waals surface area contributed by atoms with Crippen molar-refractivity contribution < 1.29 is 116 Å². The van der Waals surface area contributed by atoms with Gasteiger partial charge in [0.1, 0.15) is 0 Å². The third kappa shape index (κ3) is 3.77. The SMILES string of the molecule is OC(F)(F)C1(C(F)(F)C(F)(F)C(F)(F)C(F)(F)F)OC(F)(F)C(F)(C(F)(F)C(F)(F)C(F)(F)C(F)(F)F)O1. The van der Waals surface area contributed by atoms with Crippen molar-refractivity contribution in [3.63, 3.8) is 0 Å². The molecule has 0 aliphatic carbocycles. The molecule has 0 radical (unpaired) electrons. The molecule has 38 heavy (non-hydrogen) atoms. The smallest absolute Gasteiger partial charge is 0.332 e. The Labute approximate surface area is 189 Å². The van der Waals surface area contributed by atoms with E-state index in [0.29, 0.717) is 0 Å². The lowest BCUT2D eigenvalue weighted by Crippen LogP contribution is -2.75. The summed E-state index contributed by atoms with van der Waals surface area (Å²) in [7, 11) is 0. The van der Waals surface area contributed by atoms with E-state index in [1.54, 1.807) is 4.74 Å². The molecule has 0 aromatic heterocycles. The van der Waals surface area contributed by atoms with Crippen molar-refractivity contribution in [2.24, 2.45) is 0 Å². The van der Waals surface area contributed by atoms with Crippen molar-refractivity contribution in [2.75, 3.05) is 0 Å². The van der Waals surface area contributed by atoms with Crippen molar-refractivity contribution in [1.82, 2.24) is 0 Å². The minimum atomic E-state index is -8.88. The highest BCUT2D eigenvalue weighted by molar-refractivity contribution is 5.17. The first kappa shape index (κ1) is 34.3. The van der Waals surface area contributed by atoms with E-state index in [-0.39, 0.29) is 0 Å². The molecule has 3 nitrogen and oxygen atoms in total. The van der Waals surface area contributed by atoms with Crippen LogP contribution in [0.15, 0.2) is 0 Å². The molecule has 1 rings (SSSR count). The fourth-order valence-corrected chi connectivity index (χ4v) is 2.37. The summed E-state index contributed by atoms with van der Waals surface area (Å²) in [6.45, 7) is 0. The van der Waals surface area contributed by atoms with Gasteiger partial charge >= 0.3 is 71.7 Å². The van der Waals surface area contributed by atoms with E-state index in [0.717, 1.165) is 0 Å². The zero-order valence-corrected chi connectivity index (χ0v) is 16.0. The van der Waals surface area contributed by atoms with Crippen molar-refractivity contribution in [3.8, 4) is 0 Å². The van der Waals surface area contributed by atoms with E-state index in [2.05, 4.69) is 0 Å². The predicted molar refractivity (Wildman–Crippen MR) is 62.6 cm³/mol. The summed E-state index contributed by atoms with van der Waals surface area (Å²) in [5.74, 6) is -68.9. The summed E-state index contributed by atoms with van der Waals surface area (Å²) in [5.41, 5.74) is 0. The van der Waals surface area contributed by atoms with Gasteiger partial charge in [0.2, 0.25) is 0 Å². The molecule has 1 aliphatic heterocycles. The Morgan fingerprint density at radius 2 is 0.711 bits per heavy atom. The number of hydrogen-bond acceptors (Lipinski definition) is 3. The lowest BCUT2D eigenvalue weighted by Gasteiger charge is -2.43. The van der Waals surface area contributed by atoms with Crippen LogP contribution in [0.1, 0.15) is 0 Å². The standard InChI is InChI=1S/C12HF23O3/c13-1(14,5(21,22)9(26,27)28)3(17,18)7(25)12(34,35)38-8(37-7,11(32,33)36)4(19,20)2(15,16)6(23,24)10(29,30)31/h36H. The van der Waals surface area contributed by atoms with Gasteiger partial charge in [-0.1, -0.05) is 0 Å². The maximum atomic E-state index is 14.3. The average Bonchev–Trinajstić information content (AvgIpc) is 2.87. The zero-order chi connectivity index (χ0) is 31.4. The van der Waals surface area contributed by atoms with Crippen molar-refractivity contribution in [3.05, 3.63) is 0 Å². The third-order valence-corrected chi connectivity index (χ3v) is 4.43. The van der Waals surface area contributed by atoms with Gasteiger partial charge < -0.3 is 5.11 Å². The second kappa shape index (κ2) is 7.93. The number of halogens is 23. The van der Waals surface area contributed by atoms with Gasteiger partial charge in [0.15, 0.2) is 0 Å². The summed E-state index contributed by atoms with van der Waals surface area (Å²) in [5, 5.41) is 8.17. The normalized spacial score (nSPS) is 27.2. The molecule has 1 saturated heterocycles. The van der Waals surface area contributed by atoms with Crippen molar-refractivity contribution in [1.29, 1.82) is 0 Å². The van der Waals surface area contributed by atoms with Crippen molar-refractivity contribution in [2.45, 2.75) is 71.7 Å². The van der Waals surface area contributed by atoms with Crippen molar-refractivity contribution >= 4 is 0 Å². The van der Waals surface area contributed by atoms with Crippen LogP contribution in [-0.2, 0) is 9.47 Å². The molecule has 26 heteroatoms. The van der Waals surface area contributed by atoms with Gasteiger partial charge in [0, 0.05) is 0 Å². The highest BCUT2D eigenvalue weighted by atomic mass is 19.4. The Bertz CT molecular complexity index is 910. The van der Waals surface area contributed by atoms with Crippen LogP contribution in [0, 0.1) is 0 Å². The molecule has 0 bridgehead atoms. The fraction of sp³-hybridized carbons (Fsp3) is 1.00. The number of hydrogen-bond donors (Lipinski definition) is 1. The molecule has 1 fully saturated rings. The van der Waals surface area contributed by atoms with Crippen LogP contribution in [0.2, 0.25) is 0 Å². The van der Waals surface area contributed by atoms with Gasteiger partial charge in [-0.25, -0.2) is 0 Å². The van der Waals surface area contributed by atoms with Crippen LogP contribution >= 0.6 is 0 Å². The van der Waals surface area contributed by atoms with Crippen LogP contribution < -0.4 is 0 Å². The van der Waals surface area contributed by atoms with E-state index < -0.39 is 71.7 Å². The molecule has 2 atom stereocenters. The summed E-state index contributed by atoms with van der Waals surface area (Å²) < 4.78 is 305. The molecule has 0 amide bonds. The van der Waals surface area contributed by atoms with Crippen LogP contribution in [0.25, 0.3) is 0 Å². The van der Waals surface area contributed by atoms with Crippen LogP contribution in [-0.4, -0.2) is 76.9 Å². The third-order valence-electron chi connectivity index (χ3n) is 4.43. The van der Waals surface area contributed by atoms with Gasteiger partial charge in [-0.3, -0.25) is 9.47 Å². The number of aliphatic hydroxyl groups is 1. The maximum absolute atomic E-state index is 14.3. The first-order chi connectivity index (χ1) is 15.9. The minimum absolute atomic E-state index is 1.53. The molecule has 1 N–H and O–H groups in total. The minimum Gasteiger partial charge on any atom is -0.332 e. The molecule has 0 spiro atoms. The molecular weight excluding hydrogens is 629 g/mol. The number of alkyl halides is 23. The van der Waals surface area contributed by atoms with E-state index >= 15 is 0 Å². The topological polar surface area (TPSA) is 38.7 Å². The van der Waals surface area contributed by atoms with Crippen LogP contribution in [0.3, 0.4) is 0 Å². The Kier molecular flexibility index (Phi) is 7.16. The quantitative estimate of drug-likeness (QED) is 0.327. The van der Waals surface area contributed by atoms with Gasteiger partial charge in [0.05, 0.1) is 0 Å². The number of ether oxygens (including phenoxy) is 2. The summed E-state index contributed by atoms with van der Waals surface area (Å²) in [6, 6.07) is 0. The lowest BCUT2D eigenvalue weighted by atomic mass is 9.94. The largest absolute Gasteiger partial charge is 0.460 e. The van der Waals surface area contributed by atoms with Gasteiger partial charge in [0.25, 0.3) is 0 Å².